The van der Waals surface area contributed by atoms with Gasteiger partial charge in [-0.05, 0) is 6.92 Å². The Kier molecular flexibility index (Phi) is 4.21. The molecule has 13 heavy (non-hydrogen) atoms. The van der Waals surface area contributed by atoms with Crippen LogP contribution in [0.1, 0.15) is 6.92 Å². The number of hydrogen-bond acceptors (Lipinski definition) is 3. The highest BCUT2D eigenvalue weighted by Gasteiger charge is 2.04. The molecule has 0 aliphatic carbocycles. The maximum absolute atomic E-state index is 10.7. The van der Waals surface area contributed by atoms with Crippen LogP contribution >= 0.6 is 0 Å². The summed E-state index contributed by atoms with van der Waals surface area (Å²) < 4.78 is 0. The molecular weight excluding hydrogens is 178 g/mol. The summed E-state index contributed by atoms with van der Waals surface area (Å²) in [6.45, 7) is 0.713. The van der Waals surface area contributed by atoms with Gasteiger partial charge in [0.1, 0.15) is 6.54 Å². The highest BCUT2D eigenvalue weighted by atomic mass is 16.4. The van der Waals surface area contributed by atoms with Crippen molar-refractivity contribution in [1.82, 2.24) is 5.32 Å². The number of rotatable bonds is 4. The van der Waals surface area contributed by atoms with Gasteiger partial charge in [-0.3, -0.25) is 9.59 Å². The van der Waals surface area contributed by atoms with E-state index in [1.165, 1.54) is 6.92 Å². The monoisotopic (exact) mass is 187 g/mol. The summed E-state index contributed by atoms with van der Waals surface area (Å²) in [7, 11) is 0. The van der Waals surface area contributed by atoms with Gasteiger partial charge in [-0.1, -0.05) is 0 Å². The molecule has 0 bridgehead atoms. The fourth-order valence-electron chi connectivity index (χ4n) is 0.472. The summed E-state index contributed by atoms with van der Waals surface area (Å²) in [5, 5.41) is 18.5. The molecular formula is C7H9NO5. The molecule has 0 spiro atoms. The van der Waals surface area contributed by atoms with E-state index < -0.39 is 24.4 Å². The second-order valence-electron chi connectivity index (χ2n) is 2.24. The van der Waals surface area contributed by atoms with Crippen molar-refractivity contribution in [2.45, 2.75) is 6.92 Å². The van der Waals surface area contributed by atoms with E-state index in [9.17, 15) is 14.4 Å². The highest BCUT2D eigenvalue weighted by Crippen LogP contribution is 1.90. The van der Waals surface area contributed by atoms with E-state index in [1.54, 1.807) is 0 Å². The molecule has 0 radical (unpaired) electrons. The predicted molar refractivity (Wildman–Crippen MR) is 42.0 cm³/mol. The summed E-state index contributed by atoms with van der Waals surface area (Å²) in [5.74, 6) is -3.14. The minimum Gasteiger partial charge on any atom is -0.480 e. The number of carboxylic acid groups (broad SMARTS) is 2. The number of carboxylic acids is 2. The van der Waals surface area contributed by atoms with Crippen molar-refractivity contribution in [2.75, 3.05) is 6.54 Å². The topological polar surface area (TPSA) is 104 Å². The zero-order valence-electron chi connectivity index (χ0n) is 6.90. The first kappa shape index (κ1) is 11.2. The van der Waals surface area contributed by atoms with Gasteiger partial charge < -0.3 is 15.5 Å². The normalized spacial score (nSPS) is 10.7. The molecule has 0 unspecified atom stereocenters. The highest BCUT2D eigenvalue weighted by molar-refractivity contribution is 5.98. The largest absolute Gasteiger partial charge is 0.480 e. The van der Waals surface area contributed by atoms with Gasteiger partial charge in [-0.15, -0.1) is 0 Å². The number of aliphatic carboxylic acids is 2. The zero-order chi connectivity index (χ0) is 10.4. The molecule has 0 fully saturated rings. The summed E-state index contributed by atoms with van der Waals surface area (Å²) in [5.41, 5.74) is -0.150. The number of amides is 1. The predicted octanol–water partition coefficient (Wildman–Crippen LogP) is -0.782. The van der Waals surface area contributed by atoms with Gasteiger partial charge >= 0.3 is 11.9 Å². The van der Waals surface area contributed by atoms with E-state index in [0.29, 0.717) is 0 Å². The van der Waals surface area contributed by atoms with E-state index >= 15 is 0 Å². The van der Waals surface area contributed by atoms with Crippen molar-refractivity contribution in [3.63, 3.8) is 0 Å². The zero-order valence-corrected chi connectivity index (χ0v) is 6.90. The Balaban J connectivity index is 4.07. The van der Waals surface area contributed by atoms with Crippen LogP contribution in [0.15, 0.2) is 11.6 Å². The van der Waals surface area contributed by atoms with Gasteiger partial charge in [-0.25, -0.2) is 4.79 Å². The first-order chi connectivity index (χ1) is 5.93. The van der Waals surface area contributed by atoms with Crippen molar-refractivity contribution in [1.29, 1.82) is 0 Å². The number of carbonyl (C=O) groups is 3. The molecule has 0 saturated carbocycles. The van der Waals surface area contributed by atoms with E-state index in [1.807, 2.05) is 5.32 Å². The molecule has 0 aromatic rings. The minimum atomic E-state index is -1.22. The van der Waals surface area contributed by atoms with Gasteiger partial charge in [-0.2, -0.15) is 0 Å². The summed E-state index contributed by atoms with van der Waals surface area (Å²) >= 11 is 0. The fraction of sp³-hybridized carbons (Fsp3) is 0.286. The van der Waals surface area contributed by atoms with Crippen LogP contribution in [0.4, 0.5) is 0 Å². The maximum Gasteiger partial charge on any atom is 0.331 e. The standard InChI is InChI=1S/C7H9NO5/c1-4(7(12)13)2-5(9)8-3-6(10)11/h2H,3H2,1H3,(H,8,9)(H,10,11)(H,12,13)/b4-2-. The van der Waals surface area contributed by atoms with Crippen LogP contribution in [-0.2, 0) is 14.4 Å². The van der Waals surface area contributed by atoms with Crippen LogP contribution in [0.3, 0.4) is 0 Å². The van der Waals surface area contributed by atoms with Crippen LogP contribution in [0, 0.1) is 0 Å². The van der Waals surface area contributed by atoms with Gasteiger partial charge in [0.25, 0.3) is 0 Å². The van der Waals surface area contributed by atoms with Crippen molar-refractivity contribution in [3.8, 4) is 0 Å². The summed E-state index contributed by atoms with van der Waals surface area (Å²) in [6, 6.07) is 0. The molecule has 0 atom stereocenters. The van der Waals surface area contributed by atoms with Crippen LogP contribution in [-0.4, -0.2) is 34.6 Å². The lowest BCUT2D eigenvalue weighted by Gasteiger charge is -1.97. The Morgan fingerprint density at radius 1 is 1.31 bits per heavy atom. The number of nitrogens with one attached hydrogen (secondary N) is 1. The fourth-order valence-corrected chi connectivity index (χ4v) is 0.472. The SMILES string of the molecule is C/C(=C/C(=O)NCC(=O)O)C(=O)O. The van der Waals surface area contributed by atoms with Crippen LogP contribution in [0.2, 0.25) is 0 Å². The third-order valence-corrected chi connectivity index (χ3v) is 1.10. The van der Waals surface area contributed by atoms with Gasteiger partial charge in [0.2, 0.25) is 5.91 Å². The van der Waals surface area contributed by atoms with Gasteiger partial charge in [0.15, 0.2) is 0 Å². The third-order valence-electron chi connectivity index (χ3n) is 1.10. The Bertz CT molecular complexity index is 268. The Hall–Kier alpha value is -1.85. The van der Waals surface area contributed by atoms with E-state index in [-0.39, 0.29) is 5.57 Å². The minimum absolute atomic E-state index is 0.150. The smallest absolute Gasteiger partial charge is 0.331 e. The second-order valence-corrected chi connectivity index (χ2v) is 2.24. The number of hydrogen-bond donors (Lipinski definition) is 3. The maximum atomic E-state index is 10.7. The van der Waals surface area contributed by atoms with Crippen LogP contribution in [0.5, 0.6) is 0 Å². The molecule has 72 valence electrons. The molecule has 0 saturated heterocycles. The van der Waals surface area contributed by atoms with Crippen LogP contribution in [0.25, 0.3) is 0 Å². The molecule has 6 heteroatoms. The molecule has 0 aliphatic heterocycles. The Morgan fingerprint density at radius 3 is 2.23 bits per heavy atom. The molecule has 0 heterocycles. The molecule has 0 aliphatic rings. The summed E-state index contributed by atoms with van der Waals surface area (Å²) in [6.07, 6.45) is 0.825. The van der Waals surface area contributed by atoms with Crippen molar-refractivity contribution in [3.05, 3.63) is 11.6 Å². The first-order valence-electron chi connectivity index (χ1n) is 3.34. The average molecular weight is 187 g/mol. The Labute approximate surface area is 73.9 Å². The van der Waals surface area contributed by atoms with Crippen molar-refractivity contribution < 1.29 is 24.6 Å². The first-order valence-corrected chi connectivity index (χ1v) is 3.34. The van der Waals surface area contributed by atoms with Gasteiger partial charge in [0.05, 0.1) is 0 Å². The molecule has 0 rings (SSSR count). The van der Waals surface area contributed by atoms with Crippen molar-refractivity contribution in [2.24, 2.45) is 0 Å². The van der Waals surface area contributed by atoms with Crippen LogP contribution < -0.4 is 5.32 Å². The van der Waals surface area contributed by atoms with E-state index in [2.05, 4.69) is 0 Å². The molecule has 0 aromatic heterocycles. The molecule has 1 amide bonds. The lowest BCUT2D eigenvalue weighted by atomic mass is 10.3. The third kappa shape index (κ3) is 5.42. The quantitative estimate of drug-likeness (QED) is 0.501. The molecule has 3 N–H and O–H groups in total. The van der Waals surface area contributed by atoms with E-state index in [4.69, 9.17) is 10.2 Å². The lowest BCUT2D eigenvalue weighted by Crippen LogP contribution is -2.28. The molecule has 6 nitrogen and oxygen atoms in total. The Morgan fingerprint density at radius 2 is 1.85 bits per heavy atom. The molecule has 0 aromatic carbocycles. The second kappa shape index (κ2) is 4.91. The van der Waals surface area contributed by atoms with Crippen molar-refractivity contribution >= 4 is 17.8 Å². The van der Waals surface area contributed by atoms with Gasteiger partial charge in [0, 0.05) is 11.6 Å². The summed E-state index contributed by atoms with van der Waals surface area (Å²) in [4.78, 5) is 30.9. The van der Waals surface area contributed by atoms with E-state index in [0.717, 1.165) is 6.08 Å². The lowest BCUT2D eigenvalue weighted by molar-refractivity contribution is -0.137. The number of carbonyl (C=O) groups excluding carboxylic acids is 1. The average Bonchev–Trinajstić information content (AvgIpc) is 2.00.